The van der Waals surface area contributed by atoms with E-state index >= 15 is 0 Å². The van der Waals surface area contributed by atoms with Crippen LogP contribution in [-0.4, -0.2) is 19.1 Å². The molecule has 0 spiro atoms. The quantitative estimate of drug-likeness (QED) is 0.690. The Hall–Kier alpha value is -2.75. The molecule has 24 heavy (non-hydrogen) atoms. The molecule has 124 valence electrons. The normalized spacial score (nSPS) is 13.8. The van der Waals surface area contributed by atoms with E-state index in [1.165, 1.54) is 5.56 Å². The third-order valence-electron chi connectivity index (χ3n) is 4.13. The number of rotatable bonds is 4. The van der Waals surface area contributed by atoms with Crippen molar-refractivity contribution in [2.24, 2.45) is 0 Å². The lowest BCUT2D eigenvalue weighted by molar-refractivity contribution is -0.114. The number of anilines is 2. The summed E-state index contributed by atoms with van der Waals surface area (Å²) >= 11 is 0. The third-order valence-corrected chi connectivity index (χ3v) is 4.13. The summed E-state index contributed by atoms with van der Waals surface area (Å²) in [4.78, 5) is 14.4. The molecule has 0 aliphatic carbocycles. The van der Waals surface area contributed by atoms with Gasteiger partial charge in [0.05, 0.1) is 12.3 Å². The van der Waals surface area contributed by atoms with Gasteiger partial charge in [-0.1, -0.05) is 24.3 Å². The van der Waals surface area contributed by atoms with Gasteiger partial charge in [-0.15, -0.1) is 0 Å². The second-order valence-corrected chi connectivity index (χ2v) is 5.79. The zero-order valence-corrected chi connectivity index (χ0v) is 13.9. The van der Waals surface area contributed by atoms with Gasteiger partial charge in [-0.2, -0.15) is 0 Å². The van der Waals surface area contributed by atoms with E-state index in [2.05, 4.69) is 6.07 Å². The monoisotopic (exact) mass is 322 g/mol. The predicted octanol–water partition coefficient (Wildman–Crippen LogP) is 3.66. The van der Waals surface area contributed by atoms with E-state index in [1.54, 1.807) is 12.2 Å². The number of carbonyl (C=O) groups is 1. The first-order chi connectivity index (χ1) is 11.7. The van der Waals surface area contributed by atoms with Crippen LogP contribution < -0.4 is 15.4 Å². The number of nitrogen functional groups attached to an aromatic ring is 1. The molecular weight excluding hydrogens is 300 g/mol. The van der Waals surface area contributed by atoms with Crippen LogP contribution in [0.3, 0.4) is 0 Å². The number of aryl methyl sites for hydroxylation is 1. The standard InChI is InChI=1S/C20H22N2O2/c1-2-24-19-11-9-15(14-17(19)21)10-12-20(23)22-13-5-7-16-6-3-4-8-18(16)22/h3-4,6,8-12,14H,2,5,7,13,21H2,1H3/b12-10-. The number of ether oxygens (including phenoxy) is 1. The first kappa shape index (κ1) is 16.1. The molecule has 0 radical (unpaired) electrons. The van der Waals surface area contributed by atoms with Crippen LogP contribution in [0.2, 0.25) is 0 Å². The molecule has 3 rings (SSSR count). The molecule has 0 atom stereocenters. The first-order valence-electron chi connectivity index (χ1n) is 8.29. The van der Waals surface area contributed by atoms with Crippen LogP contribution in [0.4, 0.5) is 11.4 Å². The van der Waals surface area contributed by atoms with Gasteiger partial charge < -0.3 is 15.4 Å². The summed E-state index contributed by atoms with van der Waals surface area (Å²) in [6.45, 7) is 3.25. The highest BCUT2D eigenvalue weighted by molar-refractivity contribution is 6.04. The molecule has 1 amide bonds. The summed E-state index contributed by atoms with van der Waals surface area (Å²) in [5.74, 6) is 0.667. The van der Waals surface area contributed by atoms with Crippen molar-refractivity contribution >= 4 is 23.4 Å². The Labute approximate surface area is 142 Å². The lowest BCUT2D eigenvalue weighted by Gasteiger charge is -2.28. The summed E-state index contributed by atoms with van der Waals surface area (Å²) in [6.07, 6.45) is 5.43. The smallest absolute Gasteiger partial charge is 0.250 e. The van der Waals surface area contributed by atoms with Gasteiger partial charge in [0.15, 0.2) is 0 Å². The van der Waals surface area contributed by atoms with Crippen molar-refractivity contribution < 1.29 is 9.53 Å². The van der Waals surface area contributed by atoms with Crippen LogP contribution >= 0.6 is 0 Å². The van der Waals surface area contributed by atoms with Gasteiger partial charge in [0.2, 0.25) is 0 Å². The van der Waals surface area contributed by atoms with Gasteiger partial charge in [-0.05, 0) is 55.2 Å². The van der Waals surface area contributed by atoms with Gasteiger partial charge >= 0.3 is 0 Å². The van der Waals surface area contributed by atoms with E-state index in [0.717, 1.165) is 30.6 Å². The Bertz CT molecular complexity index is 768. The zero-order valence-electron chi connectivity index (χ0n) is 13.9. The highest BCUT2D eigenvalue weighted by Gasteiger charge is 2.20. The number of amides is 1. The fourth-order valence-corrected chi connectivity index (χ4v) is 2.98. The second kappa shape index (κ2) is 7.21. The third kappa shape index (κ3) is 3.43. The molecule has 4 nitrogen and oxygen atoms in total. The molecule has 2 aromatic rings. The van der Waals surface area contributed by atoms with Crippen molar-refractivity contribution in [3.63, 3.8) is 0 Å². The van der Waals surface area contributed by atoms with Crippen molar-refractivity contribution in [1.29, 1.82) is 0 Å². The predicted molar refractivity (Wildman–Crippen MR) is 98.2 cm³/mol. The maximum atomic E-state index is 12.6. The van der Waals surface area contributed by atoms with E-state index < -0.39 is 0 Å². The number of nitrogens with two attached hydrogens (primary N) is 1. The van der Waals surface area contributed by atoms with Crippen molar-refractivity contribution in [3.05, 3.63) is 59.7 Å². The Balaban J connectivity index is 1.76. The number of nitrogens with zero attached hydrogens (tertiary/aromatic N) is 1. The molecule has 2 aromatic carbocycles. The average molecular weight is 322 g/mol. The Kier molecular flexibility index (Phi) is 4.85. The molecule has 0 fully saturated rings. The minimum atomic E-state index is -0.00499. The van der Waals surface area contributed by atoms with Crippen molar-refractivity contribution in [2.75, 3.05) is 23.8 Å². The topological polar surface area (TPSA) is 55.6 Å². The fourth-order valence-electron chi connectivity index (χ4n) is 2.98. The number of hydrogen-bond donors (Lipinski definition) is 1. The van der Waals surface area contributed by atoms with Crippen LogP contribution in [0.5, 0.6) is 5.75 Å². The SMILES string of the molecule is CCOc1ccc(/C=C\C(=O)N2CCCc3ccccc32)cc1N. The summed E-state index contributed by atoms with van der Waals surface area (Å²) in [5.41, 5.74) is 9.68. The van der Waals surface area contributed by atoms with Crippen molar-refractivity contribution in [1.82, 2.24) is 0 Å². The second-order valence-electron chi connectivity index (χ2n) is 5.79. The molecular formula is C20H22N2O2. The Morgan fingerprint density at radius 2 is 2.12 bits per heavy atom. The number of carbonyl (C=O) groups excluding carboxylic acids is 1. The molecule has 4 heteroatoms. The van der Waals surface area contributed by atoms with E-state index in [4.69, 9.17) is 10.5 Å². The summed E-state index contributed by atoms with van der Waals surface area (Å²) < 4.78 is 5.43. The Morgan fingerprint density at radius 3 is 2.92 bits per heavy atom. The van der Waals surface area contributed by atoms with Crippen molar-refractivity contribution in [2.45, 2.75) is 19.8 Å². The zero-order chi connectivity index (χ0) is 16.9. The maximum absolute atomic E-state index is 12.6. The van der Waals surface area contributed by atoms with E-state index in [1.807, 2.05) is 48.2 Å². The summed E-state index contributed by atoms with van der Waals surface area (Å²) in [7, 11) is 0. The average Bonchev–Trinajstić information content (AvgIpc) is 2.61. The summed E-state index contributed by atoms with van der Waals surface area (Å²) in [6, 6.07) is 13.6. The molecule has 0 bridgehead atoms. The number of para-hydroxylation sites is 1. The van der Waals surface area contributed by atoms with Crippen LogP contribution in [0, 0.1) is 0 Å². The van der Waals surface area contributed by atoms with Gasteiger partial charge in [0, 0.05) is 18.3 Å². The minimum absolute atomic E-state index is 0.00499. The minimum Gasteiger partial charge on any atom is -0.492 e. The molecule has 0 unspecified atom stereocenters. The van der Waals surface area contributed by atoms with Crippen molar-refractivity contribution in [3.8, 4) is 5.75 Å². The van der Waals surface area contributed by atoms with E-state index in [9.17, 15) is 4.79 Å². The lowest BCUT2D eigenvalue weighted by Crippen LogP contribution is -2.34. The number of benzene rings is 2. The molecule has 0 saturated carbocycles. The van der Waals surface area contributed by atoms with Crippen LogP contribution in [-0.2, 0) is 11.2 Å². The largest absolute Gasteiger partial charge is 0.492 e. The highest BCUT2D eigenvalue weighted by atomic mass is 16.5. The molecule has 0 aromatic heterocycles. The molecule has 2 N–H and O–H groups in total. The van der Waals surface area contributed by atoms with Gasteiger partial charge in [-0.3, -0.25) is 4.79 Å². The first-order valence-corrected chi connectivity index (χ1v) is 8.29. The number of hydrogen-bond acceptors (Lipinski definition) is 3. The van der Waals surface area contributed by atoms with Gasteiger partial charge in [0.25, 0.3) is 5.91 Å². The maximum Gasteiger partial charge on any atom is 0.250 e. The van der Waals surface area contributed by atoms with E-state index in [-0.39, 0.29) is 5.91 Å². The molecule has 0 saturated heterocycles. The Morgan fingerprint density at radius 1 is 1.29 bits per heavy atom. The molecule has 1 aliphatic rings. The lowest BCUT2D eigenvalue weighted by atomic mass is 10.0. The van der Waals surface area contributed by atoms with Crippen LogP contribution in [0.1, 0.15) is 24.5 Å². The molecule has 1 heterocycles. The van der Waals surface area contributed by atoms with Crippen LogP contribution in [0.15, 0.2) is 48.5 Å². The highest BCUT2D eigenvalue weighted by Crippen LogP contribution is 2.27. The number of fused-ring (bicyclic) bond motifs is 1. The van der Waals surface area contributed by atoms with E-state index in [0.29, 0.717) is 18.0 Å². The molecule has 1 aliphatic heterocycles. The van der Waals surface area contributed by atoms with Gasteiger partial charge in [0.1, 0.15) is 5.75 Å². The summed E-state index contributed by atoms with van der Waals surface area (Å²) in [5, 5.41) is 0. The fraction of sp³-hybridized carbons (Fsp3) is 0.250. The van der Waals surface area contributed by atoms with Crippen LogP contribution in [0.25, 0.3) is 6.08 Å². The van der Waals surface area contributed by atoms with Gasteiger partial charge in [-0.25, -0.2) is 0 Å².